The van der Waals surface area contributed by atoms with Gasteiger partial charge in [0, 0.05) is 35.5 Å². The van der Waals surface area contributed by atoms with Gasteiger partial charge in [0.1, 0.15) is 0 Å². The van der Waals surface area contributed by atoms with Gasteiger partial charge in [0.25, 0.3) is 0 Å². The minimum Gasteiger partial charge on any atom is -0.308 e. The van der Waals surface area contributed by atoms with E-state index in [1.807, 2.05) is 11.8 Å². The third-order valence-corrected chi connectivity index (χ3v) is 7.08. The summed E-state index contributed by atoms with van der Waals surface area (Å²) >= 11 is 1.88. The summed E-state index contributed by atoms with van der Waals surface area (Å²) < 4.78 is 0. The number of benzene rings is 3. The van der Waals surface area contributed by atoms with Crippen molar-refractivity contribution in [3.8, 4) is 0 Å². The molecular weight excluding hydrogens is 384 g/mol. The number of piperazine rings is 1. The van der Waals surface area contributed by atoms with Crippen molar-refractivity contribution >= 4 is 11.8 Å². The standard InChI is InChI=1S/C27H30N2S/c1-4-25(22-10-6-5-7-11-22)29-17-16-28-24(19-29)23-12-8-9-13-27(23)30-26-15-14-20(2)18-21(26)3/h4-15,18,24-25,28H,1,16-17,19H2,2-3H3. The van der Waals surface area contributed by atoms with Crippen molar-refractivity contribution in [2.45, 2.75) is 35.7 Å². The van der Waals surface area contributed by atoms with Crippen LogP contribution in [0.3, 0.4) is 0 Å². The summed E-state index contributed by atoms with van der Waals surface area (Å²) in [4.78, 5) is 5.20. The molecule has 1 aliphatic rings. The molecule has 0 amide bonds. The molecule has 2 nitrogen and oxygen atoms in total. The monoisotopic (exact) mass is 414 g/mol. The lowest BCUT2D eigenvalue weighted by atomic mass is 10.00. The van der Waals surface area contributed by atoms with E-state index in [9.17, 15) is 0 Å². The van der Waals surface area contributed by atoms with Crippen LogP contribution >= 0.6 is 11.8 Å². The van der Waals surface area contributed by atoms with Crippen molar-refractivity contribution in [3.05, 3.63) is 108 Å². The fourth-order valence-corrected chi connectivity index (χ4v) is 5.34. The van der Waals surface area contributed by atoms with Crippen LogP contribution in [0.25, 0.3) is 0 Å². The van der Waals surface area contributed by atoms with Gasteiger partial charge in [-0.1, -0.05) is 84.1 Å². The van der Waals surface area contributed by atoms with Gasteiger partial charge in [-0.2, -0.15) is 0 Å². The highest BCUT2D eigenvalue weighted by molar-refractivity contribution is 7.99. The number of aryl methyl sites for hydroxylation is 2. The predicted octanol–water partition coefficient (Wildman–Crippen LogP) is 6.33. The van der Waals surface area contributed by atoms with E-state index < -0.39 is 0 Å². The molecule has 2 atom stereocenters. The Balaban J connectivity index is 1.57. The minimum atomic E-state index is 0.245. The summed E-state index contributed by atoms with van der Waals surface area (Å²) in [6, 6.07) is 26.8. The highest BCUT2D eigenvalue weighted by Crippen LogP contribution is 2.37. The molecule has 3 aromatic carbocycles. The van der Waals surface area contributed by atoms with Crippen molar-refractivity contribution < 1.29 is 0 Å². The number of hydrogen-bond donors (Lipinski definition) is 1. The Hall–Kier alpha value is -2.33. The van der Waals surface area contributed by atoms with Crippen LogP contribution in [0.1, 0.15) is 34.3 Å². The normalized spacial score (nSPS) is 18.1. The van der Waals surface area contributed by atoms with E-state index in [2.05, 4.69) is 110 Å². The quantitative estimate of drug-likeness (QED) is 0.475. The summed E-state index contributed by atoms with van der Waals surface area (Å²) in [6.07, 6.45) is 2.08. The Bertz CT molecular complexity index is 999. The topological polar surface area (TPSA) is 15.3 Å². The predicted molar refractivity (Wildman–Crippen MR) is 128 cm³/mol. The second-order valence-corrected chi connectivity index (χ2v) is 9.09. The van der Waals surface area contributed by atoms with E-state index in [1.165, 1.54) is 32.0 Å². The maximum absolute atomic E-state index is 4.13. The van der Waals surface area contributed by atoms with E-state index >= 15 is 0 Å². The molecule has 0 spiro atoms. The smallest absolute Gasteiger partial charge is 0.0530 e. The molecule has 4 rings (SSSR count). The molecule has 154 valence electrons. The van der Waals surface area contributed by atoms with Gasteiger partial charge in [0.15, 0.2) is 0 Å². The second-order valence-electron chi connectivity index (χ2n) is 8.00. The molecule has 30 heavy (non-hydrogen) atoms. The molecule has 1 heterocycles. The maximum atomic E-state index is 4.13. The van der Waals surface area contributed by atoms with Gasteiger partial charge in [0.2, 0.25) is 0 Å². The third-order valence-electron chi connectivity index (χ3n) is 5.81. The molecule has 1 N–H and O–H groups in total. The molecule has 0 aromatic heterocycles. The van der Waals surface area contributed by atoms with Crippen molar-refractivity contribution in [1.82, 2.24) is 10.2 Å². The van der Waals surface area contributed by atoms with Gasteiger partial charge in [0.05, 0.1) is 6.04 Å². The lowest BCUT2D eigenvalue weighted by Gasteiger charge is -2.38. The molecule has 0 aliphatic carbocycles. The van der Waals surface area contributed by atoms with Crippen LogP contribution in [0, 0.1) is 13.8 Å². The van der Waals surface area contributed by atoms with Crippen LogP contribution in [-0.2, 0) is 0 Å². The molecule has 1 fully saturated rings. The van der Waals surface area contributed by atoms with Crippen LogP contribution in [0.15, 0.2) is 95.2 Å². The van der Waals surface area contributed by atoms with Crippen molar-refractivity contribution in [3.63, 3.8) is 0 Å². The molecule has 0 saturated carbocycles. The molecule has 1 saturated heterocycles. The van der Waals surface area contributed by atoms with Crippen molar-refractivity contribution in [1.29, 1.82) is 0 Å². The first-order chi connectivity index (χ1) is 14.7. The van der Waals surface area contributed by atoms with E-state index in [-0.39, 0.29) is 6.04 Å². The van der Waals surface area contributed by atoms with Gasteiger partial charge in [-0.15, -0.1) is 6.58 Å². The van der Waals surface area contributed by atoms with E-state index in [1.54, 1.807) is 0 Å². The van der Waals surface area contributed by atoms with E-state index in [0.717, 1.165) is 19.6 Å². The molecule has 1 aliphatic heterocycles. The summed E-state index contributed by atoms with van der Waals surface area (Å²) in [7, 11) is 0. The Labute approximate surface area is 185 Å². The summed E-state index contributed by atoms with van der Waals surface area (Å²) in [5.74, 6) is 0. The van der Waals surface area contributed by atoms with Crippen molar-refractivity contribution in [2.75, 3.05) is 19.6 Å². The maximum Gasteiger partial charge on any atom is 0.0530 e. The molecule has 0 bridgehead atoms. The first-order valence-electron chi connectivity index (χ1n) is 10.6. The molecule has 3 aromatic rings. The number of hydrogen-bond acceptors (Lipinski definition) is 3. The average molecular weight is 415 g/mol. The zero-order valence-corrected chi connectivity index (χ0v) is 18.7. The molecule has 3 heteroatoms. The zero-order valence-electron chi connectivity index (χ0n) is 17.8. The Kier molecular flexibility index (Phi) is 6.73. The third kappa shape index (κ3) is 4.70. The minimum absolute atomic E-state index is 0.245. The number of nitrogens with one attached hydrogen (secondary N) is 1. The van der Waals surface area contributed by atoms with Crippen LogP contribution in [0.4, 0.5) is 0 Å². The number of rotatable bonds is 6. The van der Waals surface area contributed by atoms with E-state index in [0.29, 0.717) is 6.04 Å². The Morgan fingerprint density at radius 1 is 1.00 bits per heavy atom. The SMILES string of the molecule is C=CC(c1ccccc1)N1CCNC(c2ccccc2Sc2ccc(C)cc2C)C1. The fraction of sp³-hybridized carbons (Fsp3) is 0.259. The highest BCUT2D eigenvalue weighted by atomic mass is 32.2. The van der Waals surface area contributed by atoms with Crippen LogP contribution < -0.4 is 5.32 Å². The lowest BCUT2D eigenvalue weighted by molar-refractivity contribution is 0.167. The molecular formula is C27H30N2S. The summed E-state index contributed by atoms with van der Waals surface area (Å²) in [5, 5.41) is 3.76. The van der Waals surface area contributed by atoms with Gasteiger partial charge >= 0.3 is 0 Å². The van der Waals surface area contributed by atoms with Crippen molar-refractivity contribution in [2.24, 2.45) is 0 Å². The van der Waals surface area contributed by atoms with Gasteiger partial charge in [-0.25, -0.2) is 0 Å². The van der Waals surface area contributed by atoms with E-state index in [4.69, 9.17) is 0 Å². The van der Waals surface area contributed by atoms with Crippen LogP contribution in [-0.4, -0.2) is 24.5 Å². The zero-order chi connectivity index (χ0) is 20.9. The van der Waals surface area contributed by atoms with Gasteiger partial charge in [-0.3, -0.25) is 4.90 Å². The average Bonchev–Trinajstić information content (AvgIpc) is 2.78. The highest BCUT2D eigenvalue weighted by Gasteiger charge is 2.27. The summed E-state index contributed by atoms with van der Waals surface area (Å²) in [5.41, 5.74) is 5.34. The van der Waals surface area contributed by atoms with Crippen LogP contribution in [0.2, 0.25) is 0 Å². The fourth-order valence-electron chi connectivity index (χ4n) is 4.27. The van der Waals surface area contributed by atoms with Gasteiger partial charge < -0.3 is 5.32 Å². The first-order valence-corrected chi connectivity index (χ1v) is 11.5. The molecule has 2 unspecified atom stereocenters. The Morgan fingerprint density at radius 3 is 2.53 bits per heavy atom. The molecule has 0 radical (unpaired) electrons. The Morgan fingerprint density at radius 2 is 1.77 bits per heavy atom. The van der Waals surface area contributed by atoms with Crippen LogP contribution in [0.5, 0.6) is 0 Å². The largest absolute Gasteiger partial charge is 0.308 e. The first kappa shape index (κ1) is 20.9. The summed E-state index contributed by atoms with van der Waals surface area (Å²) in [6.45, 7) is 11.5. The number of nitrogens with zero attached hydrogens (tertiary/aromatic N) is 1. The second kappa shape index (κ2) is 9.65. The lowest BCUT2D eigenvalue weighted by Crippen LogP contribution is -2.46. The van der Waals surface area contributed by atoms with Gasteiger partial charge in [-0.05, 0) is 42.7 Å².